The van der Waals surface area contributed by atoms with Crippen molar-refractivity contribution in [1.82, 2.24) is 10.2 Å². The highest BCUT2D eigenvalue weighted by molar-refractivity contribution is 6.27. The third-order valence-corrected chi connectivity index (χ3v) is 7.32. The first-order chi connectivity index (χ1) is 18.9. The fraction of sp³-hybridized carbons (Fsp3) is 0.533. The number of halogens is 1. The first-order valence-electron chi connectivity index (χ1n) is 13.6. The summed E-state index contributed by atoms with van der Waals surface area (Å²) in [6, 6.07) is 10.2. The van der Waals surface area contributed by atoms with Crippen LogP contribution in [0.15, 0.2) is 36.4 Å². The van der Waals surface area contributed by atoms with E-state index in [4.69, 9.17) is 30.5 Å². The van der Waals surface area contributed by atoms with E-state index in [1.807, 2.05) is 31.2 Å². The van der Waals surface area contributed by atoms with Gasteiger partial charge in [-0.15, -0.1) is 11.6 Å². The molecule has 1 atom stereocenters. The van der Waals surface area contributed by atoms with Gasteiger partial charge in [-0.1, -0.05) is 37.8 Å². The predicted molar refractivity (Wildman–Crippen MR) is 152 cm³/mol. The number of hydrogen-bond acceptors (Lipinski definition) is 6. The SMILES string of the molecule is CCOc1ccc([C@@H](C(=O)NC2CCCCCC2)N(CCc2ccc(OC)c(OC)c2)C(=O)CCl)cc1OC. The summed E-state index contributed by atoms with van der Waals surface area (Å²) in [4.78, 5) is 28.8. The van der Waals surface area contributed by atoms with Gasteiger partial charge < -0.3 is 29.2 Å². The van der Waals surface area contributed by atoms with Crippen molar-refractivity contribution >= 4 is 23.4 Å². The lowest BCUT2D eigenvalue weighted by Gasteiger charge is -2.32. The topological polar surface area (TPSA) is 86.3 Å². The molecule has 1 saturated carbocycles. The van der Waals surface area contributed by atoms with Crippen LogP contribution < -0.4 is 24.3 Å². The molecule has 0 aliphatic heterocycles. The van der Waals surface area contributed by atoms with Gasteiger partial charge >= 0.3 is 0 Å². The molecule has 1 aliphatic carbocycles. The van der Waals surface area contributed by atoms with Crippen LogP contribution in [-0.2, 0) is 16.0 Å². The van der Waals surface area contributed by atoms with Gasteiger partial charge in [-0.25, -0.2) is 0 Å². The molecule has 1 aliphatic rings. The molecule has 39 heavy (non-hydrogen) atoms. The summed E-state index contributed by atoms with van der Waals surface area (Å²) in [5.41, 5.74) is 1.57. The Labute approximate surface area is 236 Å². The highest BCUT2D eigenvalue weighted by Crippen LogP contribution is 2.34. The highest BCUT2D eigenvalue weighted by atomic mass is 35.5. The average Bonchev–Trinajstić information content (AvgIpc) is 3.23. The third-order valence-electron chi connectivity index (χ3n) is 7.09. The molecule has 0 bridgehead atoms. The van der Waals surface area contributed by atoms with Crippen LogP contribution in [0.4, 0.5) is 0 Å². The summed E-state index contributed by atoms with van der Waals surface area (Å²) in [6.07, 6.45) is 6.86. The molecule has 2 amide bonds. The first-order valence-corrected chi connectivity index (χ1v) is 14.2. The molecule has 214 valence electrons. The van der Waals surface area contributed by atoms with Crippen LogP contribution >= 0.6 is 11.6 Å². The van der Waals surface area contributed by atoms with Gasteiger partial charge in [-0.2, -0.15) is 0 Å². The van der Waals surface area contributed by atoms with Gasteiger partial charge in [-0.05, 0) is 61.6 Å². The molecule has 0 saturated heterocycles. The van der Waals surface area contributed by atoms with E-state index in [0.29, 0.717) is 41.6 Å². The number of benzene rings is 2. The number of hydrogen-bond donors (Lipinski definition) is 1. The van der Waals surface area contributed by atoms with E-state index in [9.17, 15) is 9.59 Å². The van der Waals surface area contributed by atoms with E-state index < -0.39 is 6.04 Å². The minimum Gasteiger partial charge on any atom is -0.493 e. The molecule has 0 aromatic heterocycles. The fourth-order valence-electron chi connectivity index (χ4n) is 5.07. The second kappa shape index (κ2) is 15.5. The van der Waals surface area contributed by atoms with Crippen LogP contribution in [0.1, 0.15) is 62.6 Å². The van der Waals surface area contributed by atoms with Gasteiger partial charge in [0, 0.05) is 12.6 Å². The normalized spacial score (nSPS) is 14.6. The van der Waals surface area contributed by atoms with Crippen LogP contribution in [0.3, 0.4) is 0 Å². The van der Waals surface area contributed by atoms with E-state index in [1.54, 1.807) is 38.4 Å². The maximum Gasteiger partial charge on any atom is 0.247 e. The van der Waals surface area contributed by atoms with Gasteiger partial charge in [0.2, 0.25) is 11.8 Å². The molecular formula is C30H41ClN2O6. The molecule has 0 radical (unpaired) electrons. The van der Waals surface area contributed by atoms with Crippen molar-refractivity contribution in [3.05, 3.63) is 47.5 Å². The van der Waals surface area contributed by atoms with Crippen molar-refractivity contribution in [1.29, 1.82) is 0 Å². The number of methoxy groups -OCH3 is 3. The van der Waals surface area contributed by atoms with Crippen molar-refractivity contribution in [3.8, 4) is 23.0 Å². The van der Waals surface area contributed by atoms with Crippen molar-refractivity contribution < 1.29 is 28.5 Å². The zero-order chi connectivity index (χ0) is 28.2. The Bertz CT molecular complexity index is 1090. The number of nitrogens with one attached hydrogen (secondary N) is 1. The second-order valence-corrected chi connectivity index (χ2v) is 9.87. The monoisotopic (exact) mass is 560 g/mol. The summed E-state index contributed by atoms with van der Waals surface area (Å²) in [5, 5.41) is 3.24. The number of rotatable bonds is 13. The standard InChI is InChI=1S/C30H41ClN2O6/c1-5-39-25-15-13-22(19-27(25)38-4)29(30(35)32-23-10-8-6-7-9-11-23)33(28(34)20-31)17-16-21-12-14-24(36-2)26(18-21)37-3/h12-15,18-19,23,29H,5-11,16-17,20H2,1-4H3,(H,32,35)/t29-/m0/s1. The second-order valence-electron chi connectivity index (χ2n) is 9.60. The van der Waals surface area contributed by atoms with Gasteiger partial charge in [-0.3, -0.25) is 9.59 Å². The number of carbonyl (C=O) groups is 2. The summed E-state index contributed by atoms with van der Waals surface area (Å²) in [6.45, 7) is 2.65. The lowest BCUT2D eigenvalue weighted by Crippen LogP contribution is -2.47. The van der Waals surface area contributed by atoms with Crippen LogP contribution in [-0.4, -0.2) is 63.1 Å². The Morgan fingerprint density at radius 1 is 0.923 bits per heavy atom. The molecule has 0 spiro atoms. The third kappa shape index (κ3) is 8.18. The molecule has 3 rings (SSSR count). The highest BCUT2D eigenvalue weighted by Gasteiger charge is 2.33. The molecule has 2 aromatic carbocycles. The maximum atomic E-state index is 13.9. The van der Waals surface area contributed by atoms with E-state index in [-0.39, 0.29) is 30.3 Å². The Balaban J connectivity index is 1.96. The molecule has 0 heterocycles. The summed E-state index contributed by atoms with van der Waals surface area (Å²) in [5.74, 6) is 1.51. The summed E-state index contributed by atoms with van der Waals surface area (Å²) < 4.78 is 22.0. The molecule has 9 heteroatoms. The van der Waals surface area contributed by atoms with E-state index in [2.05, 4.69) is 5.32 Å². The average molecular weight is 561 g/mol. The van der Waals surface area contributed by atoms with Crippen molar-refractivity contribution in [3.63, 3.8) is 0 Å². The predicted octanol–water partition coefficient (Wildman–Crippen LogP) is 5.30. The molecule has 1 fully saturated rings. The van der Waals surface area contributed by atoms with Gasteiger partial charge in [0.25, 0.3) is 0 Å². The van der Waals surface area contributed by atoms with Gasteiger partial charge in [0.05, 0.1) is 27.9 Å². The number of carbonyl (C=O) groups excluding carboxylic acids is 2. The fourth-order valence-corrected chi connectivity index (χ4v) is 5.22. The zero-order valence-electron chi connectivity index (χ0n) is 23.5. The van der Waals surface area contributed by atoms with Gasteiger partial charge in [0.15, 0.2) is 23.0 Å². The Morgan fingerprint density at radius 2 is 1.56 bits per heavy atom. The van der Waals surface area contributed by atoms with E-state index in [1.165, 1.54) is 12.8 Å². The molecule has 2 aromatic rings. The molecule has 1 N–H and O–H groups in total. The minimum atomic E-state index is -0.885. The van der Waals surface area contributed by atoms with Crippen LogP contribution in [0, 0.1) is 0 Å². The van der Waals surface area contributed by atoms with Crippen LogP contribution in [0.5, 0.6) is 23.0 Å². The van der Waals surface area contributed by atoms with Crippen LogP contribution in [0.2, 0.25) is 0 Å². The molecular weight excluding hydrogens is 520 g/mol. The Morgan fingerprint density at radius 3 is 2.18 bits per heavy atom. The Kier molecular flexibility index (Phi) is 12.1. The van der Waals surface area contributed by atoms with E-state index >= 15 is 0 Å². The molecule has 8 nitrogen and oxygen atoms in total. The number of amides is 2. The molecule has 0 unspecified atom stereocenters. The minimum absolute atomic E-state index is 0.0749. The lowest BCUT2D eigenvalue weighted by molar-refractivity contribution is -0.139. The zero-order valence-corrected chi connectivity index (χ0v) is 24.2. The first kappa shape index (κ1) is 30.4. The van der Waals surface area contributed by atoms with Crippen LogP contribution in [0.25, 0.3) is 0 Å². The largest absolute Gasteiger partial charge is 0.493 e. The summed E-state index contributed by atoms with van der Waals surface area (Å²) in [7, 11) is 4.72. The number of ether oxygens (including phenoxy) is 4. The summed E-state index contributed by atoms with van der Waals surface area (Å²) >= 11 is 6.09. The van der Waals surface area contributed by atoms with Crippen molar-refractivity contribution in [2.75, 3.05) is 40.4 Å². The Hall–Kier alpha value is -3.13. The number of nitrogens with zero attached hydrogens (tertiary/aromatic N) is 1. The van der Waals surface area contributed by atoms with Crippen molar-refractivity contribution in [2.45, 2.75) is 64.0 Å². The smallest absolute Gasteiger partial charge is 0.247 e. The van der Waals surface area contributed by atoms with Gasteiger partial charge in [0.1, 0.15) is 11.9 Å². The van der Waals surface area contributed by atoms with E-state index in [0.717, 1.165) is 31.2 Å². The quantitative estimate of drug-likeness (QED) is 0.264. The lowest BCUT2D eigenvalue weighted by atomic mass is 10.0. The van der Waals surface area contributed by atoms with Crippen molar-refractivity contribution in [2.24, 2.45) is 0 Å². The number of alkyl halides is 1. The maximum absolute atomic E-state index is 13.9.